The lowest BCUT2D eigenvalue weighted by Crippen LogP contribution is -2.46. The summed E-state index contributed by atoms with van der Waals surface area (Å²) in [6, 6.07) is 5.12. The van der Waals surface area contributed by atoms with Gasteiger partial charge in [0.2, 0.25) is 5.91 Å². The summed E-state index contributed by atoms with van der Waals surface area (Å²) in [5.74, 6) is 1.66. The normalized spacial score (nSPS) is 17.4. The number of carbonyl (C=O) groups is 2. The van der Waals surface area contributed by atoms with E-state index < -0.39 is 6.10 Å². The zero-order valence-electron chi connectivity index (χ0n) is 20.7. The number of aliphatic hydroxyl groups is 1. The molecule has 1 saturated heterocycles. The van der Waals surface area contributed by atoms with Gasteiger partial charge < -0.3 is 24.8 Å². The topological polar surface area (TPSA) is 88.1 Å². The number of nitrogens with zero attached hydrogens (tertiary/aromatic N) is 1. The van der Waals surface area contributed by atoms with E-state index in [9.17, 15) is 14.7 Å². The number of hydrogen-bond acceptors (Lipinski definition) is 6. The largest absolute Gasteiger partial charge is 0.486 e. The van der Waals surface area contributed by atoms with Crippen LogP contribution in [0.4, 0.5) is 0 Å². The van der Waals surface area contributed by atoms with E-state index >= 15 is 0 Å². The maximum absolute atomic E-state index is 12.7. The van der Waals surface area contributed by atoms with Crippen molar-refractivity contribution < 1.29 is 24.2 Å². The third-order valence-electron chi connectivity index (χ3n) is 6.71. The zero-order valence-corrected chi connectivity index (χ0v) is 20.7. The summed E-state index contributed by atoms with van der Waals surface area (Å²) in [5.41, 5.74) is 0.724. The number of nitrogens with one attached hydrogen (secondary N) is 1. The maximum Gasteiger partial charge on any atom is 0.220 e. The van der Waals surface area contributed by atoms with E-state index in [-0.39, 0.29) is 11.9 Å². The number of unbranched alkanes of at least 4 members (excludes halogenated alkanes) is 4. The van der Waals surface area contributed by atoms with Crippen molar-refractivity contribution in [3.8, 4) is 11.5 Å². The Morgan fingerprint density at radius 1 is 0.971 bits per heavy atom. The van der Waals surface area contributed by atoms with E-state index in [1.54, 1.807) is 0 Å². The molecule has 1 fully saturated rings. The highest BCUT2D eigenvalue weighted by atomic mass is 16.6. The molecule has 34 heavy (non-hydrogen) atoms. The van der Waals surface area contributed by atoms with Gasteiger partial charge in [-0.3, -0.25) is 9.59 Å². The average molecular weight is 475 g/mol. The van der Waals surface area contributed by atoms with Crippen LogP contribution < -0.4 is 14.8 Å². The molecule has 0 unspecified atom stereocenters. The summed E-state index contributed by atoms with van der Waals surface area (Å²) in [7, 11) is 0. The van der Waals surface area contributed by atoms with Crippen LogP contribution in [0.3, 0.4) is 0 Å². The third-order valence-corrected chi connectivity index (χ3v) is 6.71. The second-order valence-electron chi connectivity index (χ2n) is 9.59. The highest BCUT2D eigenvalue weighted by Crippen LogP contribution is 2.33. The van der Waals surface area contributed by atoms with Crippen LogP contribution in [0.5, 0.6) is 11.5 Å². The van der Waals surface area contributed by atoms with E-state index in [2.05, 4.69) is 17.1 Å². The van der Waals surface area contributed by atoms with Gasteiger partial charge in [-0.05, 0) is 62.9 Å². The number of hydrogen-bond donors (Lipinski definition) is 2. The highest BCUT2D eigenvalue weighted by Gasteiger charge is 2.27. The van der Waals surface area contributed by atoms with Crippen LogP contribution in [0.25, 0.3) is 0 Å². The van der Waals surface area contributed by atoms with E-state index in [4.69, 9.17) is 9.47 Å². The lowest BCUT2D eigenvalue weighted by molar-refractivity contribution is -0.123. The minimum Gasteiger partial charge on any atom is -0.486 e. The van der Waals surface area contributed by atoms with Gasteiger partial charge in [-0.15, -0.1) is 0 Å². The van der Waals surface area contributed by atoms with E-state index in [0.29, 0.717) is 56.3 Å². The van der Waals surface area contributed by atoms with E-state index in [1.165, 1.54) is 0 Å². The summed E-state index contributed by atoms with van der Waals surface area (Å²) in [6.45, 7) is 5.74. The van der Waals surface area contributed by atoms with Gasteiger partial charge in [0.25, 0.3) is 0 Å². The number of carbonyl (C=O) groups excluding carboxylic acids is 2. The first-order valence-corrected chi connectivity index (χ1v) is 13.2. The van der Waals surface area contributed by atoms with Crippen LogP contribution in [0.15, 0.2) is 18.2 Å². The molecule has 2 N–H and O–H groups in total. The molecule has 2 atom stereocenters. The zero-order chi connectivity index (χ0) is 24.2. The Hall–Kier alpha value is -2.12. The van der Waals surface area contributed by atoms with Gasteiger partial charge in [-0.2, -0.15) is 0 Å². The number of likely N-dealkylation sites (tertiary alicyclic amines) is 1. The molecule has 0 spiro atoms. The molecule has 2 aliphatic heterocycles. The maximum atomic E-state index is 12.7. The van der Waals surface area contributed by atoms with Crippen molar-refractivity contribution in [1.82, 2.24) is 10.2 Å². The van der Waals surface area contributed by atoms with Gasteiger partial charge in [0.1, 0.15) is 25.1 Å². The van der Waals surface area contributed by atoms with Gasteiger partial charge >= 0.3 is 0 Å². The quantitative estimate of drug-likeness (QED) is 0.371. The number of Topliss-reactive ketones (excluding diaryl/α,β-unsaturated/α-hetero) is 1. The number of fused-ring (bicyclic) bond motifs is 1. The predicted molar refractivity (Wildman–Crippen MR) is 132 cm³/mol. The fourth-order valence-corrected chi connectivity index (χ4v) is 4.68. The fraction of sp³-hybridized carbons (Fsp3) is 0.704. The molecule has 1 aromatic carbocycles. The third kappa shape index (κ3) is 8.58. The van der Waals surface area contributed by atoms with Gasteiger partial charge in [0, 0.05) is 25.8 Å². The van der Waals surface area contributed by atoms with Crippen LogP contribution in [0.1, 0.15) is 89.2 Å². The van der Waals surface area contributed by atoms with Gasteiger partial charge in [0.05, 0.1) is 6.04 Å². The van der Waals surface area contributed by atoms with Gasteiger partial charge in [-0.25, -0.2) is 0 Å². The van der Waals surface area contributed by atoms with Crippen molar-refractivity contribution in [2.75, 3.05) is 32.8 Å². The van der Waals surface area contributed by atoms with E-state index in [1.807, 2.05) is 18.2 Å². The second-order valence-corrected chi connectivity index (χ2v) is 9.59. The summed E-state index contributed by atoms with van der Waals surface area (Å²) in [6.07, 6.45) is 8.94. The first kappa shape index (κ1) is 26.5. The molecule has 3 rings (SSSR count). The van der Waals surface area contributed by atoms with Crippen molar-refractivity contribution in [3.63, 3.8) is 0 Å². The van der Waals surface area contributed by atoms with Crippen LogP contribution in [0, 0.1) is 0 Å². The fourth-order valence-electron chi connectivity index (χ4n) is 4.68. The van der Waals surface area contributed by atoms with Crippen LogP contribution >= 0.6 is 0 Å². The van der Waals surface area contributed by atoms with Crippen molar-refractivity contribution in [1.29, 1.82) is 0 Å². The standard InChI is InChI=1S/C27H42N2O5/c1-2-3-10-22(30)11-6-4-5-7-12-26(31)28-23(20-29-15-8-9-16-29)27(32)21-13-14-24-25(19-21)34-18-17-33-24/h13-14,19,23,27,32H,2-12,15-18,20H2,1H3,(H,28,31)/t23-,27-/m1/s1. The Morgan fingerprint density at radius 3 is 2.38 bits per heavy atom. The molecular weight excluding hydrogens is 432 g/mol. The summed E-state index contributed by atoms with van der Waals surface area (Å²) >= 11 is 0. The van der Waals surface area contributed by atoms with Crippen molar-refractivity contribution in [3.05, 3.63) is 23.8 Å². The van der Waals surface area contributed by atoms with Crippen LogP contribution in [-0.2, 0) is 9.59 Å². The molecule has 7 nitrogen and oxygen atoms in total. The molecule has 190 valence electrons. The minimum atomic E-state index is -0.825. The molecule has 0 radical (unpaired) electrons. The molecule has 0 aromatic heterocycles. The predicted octanol–water partition coefficient (Wildman–Crippen LogP) is 4.17. The first-order valence-electron chi connectivity index (χ1n) is 13.2. The molecule has 7 heteroatoms. The van der Waals surface area contributed by atoms with E-state index in [0.717, 1.165) is 70.0 Å². The summed E-state index contributed by atoms with van der Waals surface area (Å²) < 4.78 is 11.3. The van der Waals surface area contributed by atoms with Gasteiger partial charge in [0.15, 0.2) is 11.5 Å². The van der Waals surface area contributed by atoms with Gasteiger partial charge in [-0.1, -0.05) is 32.3 Å². The number of amides is 1. The minimum absolute atomic E-state index is 0.0280. The number of rotatable bonds is 15. The molecule has 0 saturated carbocycles. The number of ether oxygens (including phenoxy) is 2. The van der Waals surface area contributed by atoms with Crippen LogP contribution in [0.2, 0.25) is 0 Å². The SMILES string of the molecule is CCCCC(=O)CCCCCCC(=O)N[C@H](CN1CCCC1)[C@H](O)c1ccc2c(c1)OCCO2. The average Bonchev–Trinajstić information content (AvgIpc) is 3.37. The molecule has 2 heterocycles. The Morgan fingerprint density at radius 2 is 1.65 bits per heavy atom. The number of aliphatic hydroxyl groups excluding tert-OH is 1. The number of ketones is 1. The monoisotopic (exact) mass is 474 g/mol. The molecule has 1 amide bonds. The first-order chi connectivity index (χ1) is 16.6. The smallest absolute Gasteiger partial charge is 0.220 e. The lowest BCUT2D eigenvalue weighted by atomic mass is 10.0. The van der Waals surface area contributed by atoms with Crippen molar-refractivity contribution >= 4 is 11.7 Å². The Kier molecular flexibility index (Phi) is 11.2. The Labute approximate surface area is 204 Å². The Balaban J connectivity index is 1.47. The molecule has 1 aromatic rings. The lowest BCUT2D eigenvalue weighted by Gasteiger charge is -2.29. The molecule has 0 bridgehead atoms. The van der Waals surface area contributed by atoms with Crippen molar-refractivity contribution in [2.24, 2.45) is 0 Å². The molecule has 0 aliphatic carbocycles. The summed E-state index contributed by atoms with van der Waals surface area (Å²) in [4.78, 5) is 26.8. The Bertz CT molecular complexity index is 778. The highest BCUT2D eigenvalue weighted by molar-refractivity contribution is 5.78. The molecular formula is C27H42N2O5. The number of benzene rings is 1. The van der Waals surface area contributed by atoms with Crippen molar-refractivity contribution in [2.45, 2.75) is 89.7 Å². The molecule has 2 aliphatic rings. The second kappa shape index (κ2) is 14.3. The van der Waals surface area contributed by atoms with Crippen LogP contribution in [-0.4, -0.2) is 60.6 Å². The summed E-state index contributed by atoms with van der Waals surface area (Å²) in [5, 5.41) is 14.3.